The quantitative estimate of drug-likeness (QED) is 0.827. The molecule has 0 aromatic rings. The van der Waals surface area contributed by atoms with Gasteiger partial charge in [0.15, 0.2) is 9.84 Å². The Kier molecular flexibility index (Phi) is 4.14. The van der Waals surface area contributed by atoms with Gasteiger partial charge >= 0.3 is 6.03 Å². The van der Waals surface area contributed by atoms with E-state index in [9.17, 15) is 13.2 Å². The highest BCUT2D eigenvalue weighted by Crippen LogP contribution is 2.35. The second kappa shape index (κ2) is 5.67. The van der Waals surface area contributed by atoms with Crippen LogP contribution in [0, 0.1) is 5.92 Å². The number of carbonyl (C=O) groups is 1. The molecule has 0 radical (unpaired) electrons. The number of hydrogen-bond acceptors (Lipinski definition) is 4. The summed E-state index contributed by atoms with van der Waals surface area (Å²) >= 11 is 0. The van der Waals surface area contributed by atoms with E-state index in [2.05, 4.69) is 24.3 Å². The van der Waals surface area contributed by atoms with Crippen molar-refractivity contribution in [2.24, 2.45) is 5.92 Å². The summed E-state index contributed by atoms with van der Waals surface area (Å²) in [6, 6.07) is -0.0993. The lowest BCUT2D eigenvalue weighted by molar-refractivity contribution is 0.148. The van der Waals surface area contributed by atoms with Crippen LogP contribution in [0.4, 0.5) is 4.79 Å². The summed E-state index contributed by atoms with van der Waals surface area (Å²) in [4.78, 5) is 16.3. The van der Waals surface area contributed by atoms with E-state index in [1.165, 1.54) is 12.8 Å². The van der Waals surface area contributed by atoms with Crippen molar-refractivity contribution in [2.45, 2.75) is 42.9 Å². The number of urea groups is 1. The number of hydrogen-bond donors (Lipinski definition) is 1. The second-order valence-electron chi connectivity index (χ2n) is 7.34. The number of fused-ring (bicyclic) bond motifs is 1. The van der Waals surface area contributed by atoms with Gasteiger partial charge < -0.3 is 15.1 Å². The maximum absolute atomic E-state index is 12.4. The first-order valence-corrected chi connectivity index (χ1v) is 9.97. The molecule has 2 saturated heterocycles. The van der Waals surface area contributed by atoms with Crippen LogP contribution in [-0.4, -0.2) is 74.5 Å². The van der Waals surface area contributed by atoms with Crippen molar-refractivity contribution in [3.05, 3.63) is 0 Å². The van der Waals surface area contributed by atoms with E-state index in [1.807, 2.05) is 0 Å². The van der Waals surface area contributed by atoms with Gasteiger partial charge in [-0.1, -0.05) is 12.8 Å². The predicted molar refractivity (Wildman–Crippen MR) is 85.5 cm³/mol. The molecule has 0 unspecified atom stereocenters. The Balaban J connectivity index is 1.57. The first-order valence-electron chi connectivity index (χ1n) is 8.26. The fourth-order valence-corrected chi connectivity index (χ4v) is 6.48. The van der Waals surface area contributed by atoms with Crippen LogP contribution in [-0.2, 0) is 9.84 Å². The summed E-state index contributed by atoms with van der Waals surface area (Å²) in [5.41, 5.74) is 0.0668. The van der Waals surface area contributed by atoms with Gasteiger partial charge in [-0.25, -0.2) is 13.2 Å². The Labute approximate surface area is 133 Å². The first-order chi connectivity index (χ1) is 10.3. The zero-order valence-electron chi connectivity index (χ0n) is 13.5. The van der Waals surface area contributed by atoms with E-state index in [1.54, 1.807) is 4.90 Å². The maximum Gasteiger partial charge on any atom is 0.317 e. The van der Waals surface area contributed by atoms with E-state index < -0.39 is 9.84 Å². The minimum absolute atomic E-state index is 0.0668. The number of amides is 2. The number of nitrogens with one attached hydrogen (secondary N) is 1. The van der Waals surface area contributed by atoms with Gasteiger partial charge in [0.25, 0.3) is 0 Å². The summed E-state index contributed by atoms with van der Waals surface area (Å²) < 4.78 is 23.9. The fourth-order valence-electron chi connectivity index (χ4n) is 4.33. The Hall–Kier alpha value is -0.820. The van der Waals surface area contributed by atoms with Gasteiger partial charge in [0, 0.05) is 25.2 Å². The lowest BCUT2D eigenvalue weighted by Gasteiger charge is -2.37. The van der Waals surface area contributed by atoms with Gasteiger partial charge in [-0.15, -0.1) is 0 Å². The van der Waals surface area contributed by atoms with Crippen molar-refractivity contribution in [3.63, 3.8) is 0 Å². The monoisotopic (exact) mass is 329 g/mol. The van der Waals surface area contributed by atoms with E-state index in [4.69, 9.17) is 0 Å². The number of rotatable bonds is 3. The van der Waals surface area contributed by atoms with Gasteiger partial charge in [-0.3, -0.25) is 0 Å². The third-order valence-electron chi connectivity index (χ3n) is 5.95. The standard InChI is InChI=1S/C15H27N3O3S/c1-17(2)15(6-3-4-7-15)11-16-14(19)18-9-12-5-8-22(20,21)13(12)10-18/h12-13H,3-11H2,1-2H3,(H,16,19)/t12-,13+/m0/s1. The topological polar surface area (TPSA) is 69.7 Å². The Bertz CT molecular complexity index is 540. The van der Waals surface area contributed by atoms with Gasteiger partial charge in [0.2, 0.25) is 0 Å². The molecule has 3 fully saturated rings. The minimum Gasteiger partial charge on any atom is -0.336 e. The molecule has 2 atom stereocenters. The van der Waals surface area contributed by atoms with Crippen molar-refractivity contribution in [1.82, 2.24) is 15.1 Å². The van der Waals surface area contributed by atoms with Crippen LogP contribution in [0.1, 0.15) is 32.1 Å². The van der Waals surface area contributed by atoms with Crippen LogP contribution in [0.5, 0.6) is 0 Å². The molecule has 3 rings (SSSR count). The lowest BCUT2D eigenvalue weighted by Crippen LogP contribution is -2.53. The highest BCUT2D eigenvalue weighted by atomic mass is 32.2. The summed E-state index contributed by atoms with van der Waals surface area (Å²) in [5.74, 6) is 0.437. The van der Waals surface area contributed by atoms with Gasteiger partial charge in [0.05, 0.1) is 11.0 Å². The van der Waals surface area contributed by atoms with Crippen molar-refractivity contribution >= 4 is 15.9 Å². The highest BCUT2D eigenvalue weighted by Gasteiger charge is 2.47. The normalized spacial score (nSPS) is 32.4. The van der Waals surface area contributed by atoms with Crippen LogP contribution in [0.15, 0.2) is 0 Å². The predicted octanol–water partition coefficient (Wildman–Crippen LogP) is 0.689. The fraction of sp³-hybridized carbons (Fsp3) is 0.933. The highest BCUT2D eigenvalue weighted by molar-refractivity contribution is 7.92. The van der Waals surface area contributed by atoms with Crippen LogP contribution >= 0.6 is 0 Å². The summed E-state index contributed by atoms with van der Waals surface area (Å²) in [6.45, 7) is 1.61. The molecule has 1 saturated carbocycles. The molecule has 22 heavy (non-hydrogen) atoms. The van der Waals surface area contributed by atoms with Crippen LogP contribution < -0.4 is 5.32 Å². The number of carbonyl (C=O) groups excluding carboxylic acids is 1. The smallest absolute Gasteiger partial charge is 0.317 e. The zero-order chi connectivity index (χ0) is 16.0. The average Bonchev–Trinajstić information content (AvgIpc) is 3.14. The molecule has 2 heterocycles. The van der Waals surface area contributed by atoms with Crippen molar-refractivity contribution in [3.8, 4) is 0 Å². The molecule has 7 heteroatoms. The van der Waals surface area contributed by atoms with Gasteiger partial charge in [-0.05, 0) is 39.3 Å². The molecule has 1 N–H and O–H groups in total. The molecule has 2 amide bonds. The number of likely N-dealkylation sites (N-methyl/N-ethyl adjacent to an activating group) is 1. The molecule has 2 aliphatic heterocycles. The maximum atomic E-state index is 12.4. The third kappa shape index (κ3) is 2.73. The molecular weight excluding hydrogens is 302 g/mol. The summed E-state index contributed by atoms with van der Waals surface area (Å²) in [5, 5.41) is 2.73. The molecule has 3 aliphatic rings. The summed E-state index contributed by atoms with van der Waals surface area (Å²) in [6.07, 6.45) is 5.35. The minimum atomic E-state index is -2.98. The molecule has 126 valence electrons. The van der Waals surface area contributed by atoms with E-state index in [0.717, 1.165) is 12.8 Å². The lowest BCUT2D eigenvalue weighted by atomic mass is 9.96. The first kappa shape index (κ1) is 16.1. The zero-order valence-corrected chi connectivity index (χ0v) is 14.4. The number of likely N-dealkylation sites (tertiary alicyclic amines) is 1. The van der Waals surface area contributed by atoms with Gasteiger partial charge in [0.1, 0.15) is 0 Å². The number of nitrogens with zero attached hydrogens (tertiary/aromatic N) is 2. The molecule has 0 aromatic heterocycles. The van der Waals surface area contributed by atoms with Gasteiger partial charge in [-0.2, -0.15) is 0 Å². The van der Waals surface area contributed by atoms with E-state index >= 15 is 0 Å². The van der Waals surface area contributed by atoms with Crippen LogP contribution in [0.2, 0.25) is 0 Å². The summed E-state index contributed by atoms with van der Waals surface area (Å²) in [7, 11) is 1.17. The van der Waals surface area contributed by atoms with E-state index in [-0.39, 0.29) is 22.7 Å². The molecule has 0 bridgehead atoms. The Morgan fingerprint density at radius 2 is 1.95 bits per heavy atom. The Morgan fingerprint density at radius 1 is 1.27 bits per heavy atom. The molecule has 1 aliphatic carbocycles. The average molecular weight is 329 g/mol. The molecule has 0 spiro atoms. The Morgan fingerprint density at radius 3 is 2.55 bits per heavy atom. The molecular formula is C15H27N3O3S. The number of sulfone groups is 1. The van der Waals surface area contributed by atoms with Crippen molar-refractivity contribution in [1.29, 1.82) is 0 Å². The van der Waals surface area contributed by atoms with Crippen molar-refractivity contribution < 1.29 is 13.2 Å². The SMILES string of the molecule is CN(C)C1(CNC(=O)N2C[C@@H]3CCS(=O)(=O)[C@@H]3C2)CCCC1. The molecule has 0 aromatic carbocycles. The van der Waals surface area contributed by atoms with Crippen LogP contribution in [0.3, 0.4) is 0 Å². The third-order valence-corrected chi connectivity index (χ3v) is 8.22. The molecule has 6 nitrogen and oxygen atoms in total. The second-order valence-corrected chi connectivity index (χ2v) is 9.68. The van der Waals surface area contributed by atoms with E-state index in [0.29, 0.717) is 31.8 Å². The largest absolute Gasteiger partial charge is 0.336 e. The van der Waals surface area contributed by atoms with Crippen molar-refractivity contribution in [2.75, 3.05) is 39.5 Å². The van der Waals surface area contributed by atoms with Crippen LogP contribution in [0.25, 0.3) is 0 Å².